The van der Waals surface area contributed by atoms with Crippen molar-refractivity contribution in [2.75, 3.05) is 6.54 Å². The first-order valence-electron chi connectivity index (χ1n) is 6.61. The van der Waals surface area contributed by atoms with Crippen molar-refractivity contribution in [1.82, 2.24) is 10.3 Å². The smallest absolute Gasteiger partial charge is 0.169 e. The van der Waals surface area contributed by atoms with Crippen LogP contribution in [0.4, 0.5) is 0 Å². The summed E-state index contributed by atoms with van der Waals surface area (Å²) in [7, 11) is 0. The van der Waals surface area contributed by atoms with E-state index in [2.05, 4.69) is 51.4 Å². The number of rotatable bonds is 4. The molecule has 4 heteroatoms. The molecule has 0 aliphatic rings. The molecule has 3 nitrogen and oxygen atoms in total. The van der Waals surface area contributed by atoms with Crippen molar-refractivity contribution in [3.05, 3.63) is 64.7 Å². The Bertz CT molecular complexity index is 723. The van der Waals surface area contributed by atoms with Crippen LogP contribution >= 0.6 is 15.9 Å². The summed E-state index contributed by atoms with van der Waals surface area (Å²) in [6.07, 6.45) is 1.81. The molecular formula is C16H15BrN2O. The zero-order valence-electron chi connectivity index (χ0n) is 11.1. The normalized spacial score (nSPS) is 12.7. The summed E-state index contributed by atoms with van der Waals surface area (Å²) in [6, 6.07) is 14.3. The minimum Gasteiger partial charge on any atom is -0.452 e. The minimum atomic E-state index is 0.0518. The van der Waals surface area contributed by atoms with Gasteiger partial charge in [0, 0.05) is 11.6 Å². The molecule has 1 aromatic carbocycles. The zero-order chi connectivity index (χ0) is 13.9. The summed E-state index contributed by atoms with van der Waals surface area (Å²) >= 11 is 3.36. The highest BCUT2D eigenvalue weighted by Crippen LogP contribution is 2.27. The molecule has 0 aliphatic carbocycles. The van der Waals surface area contributed by atoms with Gasteiger partial charge in [0.05, 0.1) is 11.6 Å². The third kappa shape index (κ3) is 2.62. The Hall–Kier alpha value is -1.65. The van der Waals surface area contributed by atoms with Gasteiger partial charge in [-0.1, -0.05) is 19.1 Å². The Morgan fingerprint density at radius 3 is 2.90 bits per heavy atom. The molecule has 20 heavy (non-hydrogen) atoms. The van der Waals surface area contributed by atoms with E-state index in [0.29, 0.717) is 0 Å². The molecule has 0 radical (unpaired) electrons. The van der Waals surface area contributed by atoms with Gasteiger partial charge in [-0.3, -0.25) is 4.98 Å². The molecule has 0 bridgehead atoms. The van der Waals surface area contributed by atoms with Crippen LogP contribution in [0.3, 0.4) is 0 Å². The van der Waals surface area contributed by atoms with Crippen LogP contribution in [0.5, 0.6) is 0 Å². The molecule has 1 unspecified atom stereocenters. The first kappa shape index (κ1) is 13.3. The molecule has 1 atom stereocenters. The second-order valence-corrected chi connectivity index (χ2v) is 5.37. The standard InChI is InChI=1S/C16H15BrN2O/c1-2-18-16(14-7-8-15(17)20-14)12-5-6-13-11(10-12)4-3-9-19-13/h3-10,16,18H,2H2,1H3. The summed E-state index contributed by atoms with van der Waals surface area (Å²) < 4.78 is 6.45. The molecule has 3 rings (SSSR count). The van der Waals surface area contributed by atoms with Crippen molar-refractivity contribution in [3.8, 4) is 0 Å². The maximum absolute atomic E-state index is 5.70. The predicted molar refractivity (Wildman–Crippen MR) is 83.7 cm³/mol. The van der Waals surface area contributed by atoms with E-state index in [1.54, 1.807) is 0 Å². The number of hydrogen-bond acceptors (Lipinski definition) is 3. The van der Waals surface area contributed by atoms with E-state index in [4.69, 9.17) is 4.42 Å². The number of pyridine rings is 1. The Labute approximate surface area is 126 Å². The maximum Gasteiger partial charge on any atom is 0.169 e. The fourth-order valence-corrected chi connectivity index (χ4v) is 2.66. The molecule has 102 valence electrons. The summed E-state index contributed by atoms with van der Waals surface area (Å²) in [5.74, 6) is 0.905. The number of nitrogens with zero attached hydrogens (tertiary/aromatic N) is 1. The number of aromatic nitrogens is 1. The van der Waals surface area contributed by atoms with Crippen LogP contribution in [-0.4, -0.2) is 11.5 Å². The van der Waals surface area contributed by atoms with Crippen LogP contribution in [0.15, 0.2) is 57.7 Å². The largest absolute Gasteiger partial charge is 0.452 e. The molecule has 2 heterocycles. The van der Waals surface area contributed by atoms with Gasteiger partial charge in [0.1, 0.15) is 5.76 Å². The zero-order valence-corrected chi connectivity index (χ0v) is 12.7. The highest BCUT2D eigenvalue weighted by Gasteiger charge is 2.17. The molecule has 0 spiro atoms. The van der Waals surface area contributed by atoms with Crippen molar-refractivity contribution in [2.24, 2.45) is 0 Å². The Morgan fingerprint density at radius 1 is 1.25 bits per heavy atom. The van der Waals surface area contributed by atoms with E-state index >= 15 is 0 Å². The number of nitrogens with one attached hydrogen (secondary N) is 1. The number of hydrogen-bond donors (Lipinski definition) is 1. The van der Waals surface area contributed by atoms with Crippen LogP contribution in [0.2, 0.25) is 0 Å². The fourth-order valence-electron chi connectivity index (χ4n) is 2.34. The summed E-state index contributed by atoms with van der Waals surface area (Å²) in [5.41, 5.74) is 2.18. The van der Waals surface area contributed by atoms with Crippen LogP contribution in [-0.2, 0) is 0 Å². The van der Waals surface area contributed by atoms with E-state index in [9.17, 15) is 0 Å². The van der Waals surface area contributed by atoms with Gasteiger partial charge in [0.2, 0.25) is 0 Å². The van der Waals surface area contributed by atoms with E-state index in [1.165, 1.54) is 5.56 Å². The van der Waals surface area contributed by atoms with E-state index in [1.807, 2.05) is 30.5 Å². The average Bonchev–Trinajstić information content (AvgIpc) is 2.90. The van der Waals surface area contributed by atoms with Gasteiger partial charge in [-0.2, -0.15) is 0 Å². The summed E-state index contributed by atoms with van der Waals surface area (Å²) in [6.45, 7) is 2.96. The van der Waals surface area contributed by atoms with E-state index < -0.39 is 0 Å². The van der Waals surface area contributed by atoms with Gasteiger partial charge >= 0.3 is 0 Å². The van der Waals surface area contributed by atoms with Crippen LogP contribution in [0, 0.1) is 0 Å². The minimum absolute atomic E-state index is 0.0518. The number of benzene rings is 1. The molecule has 1 N–H and O–H groups in total. The molecule has 2 aromatic heterocycles. The monoisotopic (exact) mass is 330 g/mol. The van der Waals surface area contributed by atoms with Crippen LogP contribution < -0.4 is 5.32 Å². The fraction of sp³-hybridized carbons (Fsp3) is 0.188. The number of halogens is 1. The van der Waals surface area contributed by atoms with Crippen molar-refractivity contribution in [1.29, 1.82) is 0 Å². The first-order chi connectivity index (χ1) is 9.78. The molecule has 0 fully saturated rings. The average molecular weight is 331 g/mol. The molecule has 3 aromatic rings. The van der Waals surface area contributed by atoms with Crippen LogP contribution in [0.25, 0.3) is 10.9 Å². The van der Waals surface area contributed by atoms with E-state index in [-0.39, 0.29) is 6.04 Å². The third-order valence-electron chi connectivity index (χ3n) is 3.25. The second kappa shape index (κ2) is 5.77. The Balaban J connectivity index is 2.04. The van der Waals surface area contributed by atoms with E-state index in [0.717, 1.165) is 27.9 Å². The lowest BCUT2D eigenvalue weighted by atomic mass is 10.0. The van der Waals surface area contributed by atoms with Crippen LogP contribution in [0.1, 0.15) is 24.3 Å². The maximum atomic E-state index is 5.70. The predicted octanol–water partition coefficient (Wildman–Crippen LogP) is 4.29. The Morgan fingerprint density at radius 2 is 2.15 bits per heavy atom. The lowest BCUT2D eigenvalue weighted by Crippen LogP contribution is -2.21. The molecular weight excluding hydrogens is 316 g/mol. The number of furan rings is 1. The molecule has 0 saturated carbocycles. The Kier molecular flexibility index (Phi) is 3.85. The lowest BCUT2D eigenvalue weighted by Gasteiger charge is -2.16. The molecule has 0 saturated heterocycles. The van der Waals surface area contributed by atoms with Gasteiger partial charge in [0.15, 0.2) is 4.67 Å². The first-order valence-corrected chi connectivity index (χ1v) is 7.40. The summed E-state index contributed by atoms with van der Waals surface area (Å²) in [4.78, 5) is 4.35. The third-order valence-corrected chi connectivity index (χ3v) is 3.67. The van der Waals surface area contributed by atoms with Crippen molar-refractivity contribution in [3.63, 3.8) is 0 Å². The molecule has 0 amide bonds. The van der Waals surface area contributed by atoms with Crippen molar-refractivity contribution >= 4 is 26.8 Å². The summed E-state index contributed by atoms with van der Waals surface area (Å²) in [5, 5.41) is 4.60. The van der Waals surface area contributed by atoms with Crippen molar-refractivity contribution in [2.45, 2.75) is 13.0 Å². The van der Waals surface area contributed by atoms with Gasteiger partial charge in [0.25, 0.3) is 0 Å². The SMILES string of the molecule is CCNC(c1ccc2ncccc2c1)c1ccc(Br)o1. The van der Waals surface area contributed by atoms with Gasteiger partial charge < -0.3 is 9.73 Å². The highest BCUT2D eigenvalue weighted by molar-refractivity contribution is 9.10. The molecule has 0 aliphatic heterocycles. The highest BCUT2D eigenvalue weighted by atomic mass is 79.9. The van der Waals surface area contributed by atoms with Crippen molar-refractivity contribution < 1.29 is 4.42 Å². The van der Waals surface area contributed by atoms with Gasteiger partial charge in [-0.25, -0.2) is 0 Å². The number of fused-ring (bicyclic) bond motifs is 1. The topological polar surface area (TPSA) is 38.1 Å². The van der Waals surface area contributed by atoms with Gasteiger partial charge in [-0.05, 0) is 58.4 Å². The quantitative estimate of drug-likeness (QED) is 0.775. The van der Waals surface area contributed by atoms with Gasteiger partial charge in [-0.15, -0.1) is 0 Å². The second-order valence-electron chi connectivity index (χ2n) is 4.59. The lowest BCUT2D eigenvalue weighted by molar-refractivity contribution is 0.438.